The molecule has 5 nitrogen and oxygen atoms in total. The van der Waals surface area contributed by atoms with Crippen LogP contribution in [-0.4, -0.2) is 59.3 Å². The van der Waals surface area contributed by atoms with Crippen LogP contribution in [-0.2, 0) is 4.79 Å². The number of carboxylic acid groups (broad SMARTS) is 1. The molecule has 0 aromatic rings. The average molecular weight is 356 g/mol. The Morgan fingerprint density at radius 1 is 1.35 bits per heavy atom. The monoisotopic (exact) mass is 356 g/mol. The van der Waals surface area contributed by atoms with Crippen LogP contribution in [0, 0.1) is 17.8 Å². The lowest BCUT2D eigenvalue weighted by Gasteiger charge is -2.18. The Hall–Kier alpha value is -1.12. The second kappa shape index (κ2) is 8.65. The van der Waals surface area contributed by atoms with Gasteiger partial charge in [-0.1, -0.05) is 13.8 Å². The van der Waals surface area contributed by atoms with Gasteiger partial charge in [-0.3, -0.25) is 4.79 Å². The molecular weight excluding hydrogens is 333 g/mol. The van der Waals surface area contributed by atoms with Crippen LogP contribution in [0.25, 0.3) is 0 Å². The van der Waals surface area contributed by atoms with E-state index < -0.39 is 43.1 Å². The number of rotatable bonds is 7. The zero-order valence-corrected chi connectivity index (χ0v) is 14.0. The van der Waals surface area contributed by atoms with Crippen LogP contribution in [0.3, 0.4) is 0 Å². The lowest BCUT2D eigenvalue weighted by Crippen LogP contribution is -2.40. The molecule has 0 aromatic carbocycles. The molecule has 2 atom stereocenters. The van der Waals surface area contributed by atoms with Gasteiger partial charge in [0.05, 0.1) is 11.8 Å². The first-order valence-corrected chi connectivity index (χ1v) is 8.68. The maximum absolute atomic E-state index is 12.8. The topological polar surface area (TPSA) is 69.6 Å². The minimum atomic E-state index is -4.62. The molecule has 23 heavy (non-hydrogen) atoms. The lowest BCUT2D eigenvalue weighted by atomic mass is 9.96. The second-order valence-corrected chi connectivity index (χ2v) is 7.20. The summed E-state index contributed by atoms with van der Waals surface area (Å²) in [6, 6.07) is -0.628. The zero-order valence-electron chi connectivity index (χ0n) is 13.2. The molecule has 0 aromatic heterocycles. The number of carbonyl (C=O) groups is 2. The molecule has 1 aliphatic heterocycles. The summed E-state index contributed by atoms with van der Waals surface area (Å²) in [5.41, 5.74) is 0. The fraction of sp³-hybridized carbons (Fsp3) is 0.857. The molecule has 9 heteroatoms. The van der Waals surface area contributed by atoms with Gasteiger partial charge in [0.2, 0.25) is 0 Å². The van der Waals surface area contributed by atoms with Crippen molar-refractivity contribution < 1.29 is 27.9 Å². The number of amides is 2. The van der Waals surface area contributed by atoms with Crippen molar-refractivity contribution in [3.63, 3.8) is 0 Å². The molecule has 2 N–H and O–H groups in total. The number of halogens is 3. The third kappa shape index (κ3) is 6.48. The van der Waals surface area contributed by atoms with Crippen LogP contribution in [0.1, 0.15) is 20.3 Å². The zero-order chi connectivity index (χ0) is 17.6. The number of nitrogens with one attached hydrogen (secondary N) is 1. The quantitative estimate of drug-likeness (QED) is 0.688. The third-order valence-corrected chi connectivity index (χ3v) is 5.02. The standard InChI is InChI=1S/C14H23F3N2O3S/c1-9(2)8-23-5-3-4-18-13(22)19-6-10(12(20)21)11(7-19)14(15,16)17/h9-11H,3-8H2,1-2H3,(H,18,22)(H,20,21)/t10-,11-/m1/s1. The maximum Gasteiger partial charge on any atom is 0.394 e. The molecule has 1 rings (SSSR count). The summed E-state index contributed by atoms with van der Waals surface area (Å²) < 4.78 is 38.5. The van der Waals surface area contributed by atoms with Gasteiger partial charge in [0, 0.05) is 19.6 Å². The van der Waals surface area contributed by atoms with Crippen molar-refractivity contribution in [3.8, 4) is 0 Å². The van der Waals surface area contributed by atoms with Crippen LogP contribution in [0.4, 0.5) is 18.0 Å². The number of carboxylic acids is 1. The molecule has 1 heterocycles. The van der Waals surface area contributed by atoms with Crippen LogP contribution in [0.15, 0.2) is 0 Å². The summed E-state index contributed by atoms with van der Waals surface area (Å²) in [6.07, 6.45) is -3.90. The van der Waals surface area contributed by atoms with Gasteiger partial charge in [0.1, 0.15) is 0 Å². The highest BCUT2D eigenvalue weighted by atomic mass is 32.2. The second-order valence-electron chi connectivity index (χ2n) is 6.05. The normalized spacial score (nSPS) is 21.7. The molecule has 0 spiro atoms. The molecule has 0 radical (unpaired) electrons. The number of urea groups is 1. The number of aliphatic carboxylic acids is 1. The Bertz CT molecular complexity index is 419. The molecular formula is C14H23F3N2O3S. The van der Waals surface area contributed by atoms with E-state index >= 15 is 0 Å². The van der Waals surface area contributed by atoms with Gasteiger partial charge in [-0.15, -0.1) is 0 Å². The van der Waals surface area contributed by atoms with Crippen molar-refractivity contribution in [2.24, 2.45) is 17.8 Å². The summed E-state index contributed by atoms with van der Waals surface area (Å²) in [5, 5.41) is 11.5. The van der Waals surface area contributed by atoms with Gasteiger partial charge < -0.3 is 15.3 Å². The Kier molecular flexibility index (Phi) is 7.50. The Labute approximate surface area is 138 Å². The molecule has 1 aliphatic rings. The molecule has 0 unspecified atom stereocenters. The highest BCUT2D eigenvalue weighted by Crippen LogP contribution is 2.37. The molecule has 1 fully saturated rings. The lowest BCUT2D eigenvalue weighted by molar-refractivity contribution is -0.187. The Morgan fingerprint density at radius 3 is 2.48 bits per heavy atom. The molecule has 0 bridgehead atoms. The van der Waals surface area contributed by atoms with E-state index in [2.05, 4.69) is 19.2 Å². The van der Waals surface area contributed by atoms with E-state index in [1.54, 1.807) is 11.8 Å². The summed E-state index contributed by atoms with van der Waals surface area (Å²) in [4.78, 5) is 23.8. The van der Waals surface area contributed by atoms with Crippen molar-refractivity contribution in [2.45, 2.75) is 26.4 Å². The van der Waals surface area contributed by atoms with Crippen LogP contribution in [0.5, 0.6) is 0 Å². The number of thioether (sulfide) groups is 1. The van der Waals surface area contributed by atoms with E-state index in [4.69, 9.17) is 5.11 Å². The molecule has 1 saturated heterocycles. The minimum Gasteiger partial charge on any atom is -0.481 e. The fourth-order valence-corrected chi connectivity index (χ4v) is 3.34. The maximum atomic E-state index is 12.8. The number of nitrogens with zero attached hydrogens (tertiary/aromatic N) is 1. The van der Waals surface area contributed by atoms with Gasteiger partial charge in [0.25, 0.3) is 0 Å². The average Bonchev–Trinajstić information content (AvgIpc) is 2.87. The molecule has 0 saturated carbocycles. The van der Waals surface area contributed by atoms with E-state index in [0.29, 0.717) is 12.5 Å². The fourth-order valence-electron chi connectivity index (χ4n) is 2.35. The van der Waals surface area contributed by atoms with E-state index in [1.165, 1.54) is 0 Å². The van der Waals surface area contributed by atoms with E-state index in [9.17, 15) is 22.8 Å². The van der Waals surface area contributed by atoms with Gasteiger partial charge in [-0.25, -0.2) is 4.79 Å². The molecule has 2 amide bonds. The number of alkyl halides is 3. The van der Waals surface area contributed by atoms with Crippen molar-refractivity contribution in [3.05, 3.63) is 0 Å². The molecule has 0 aliphatic carbocycles. The van der Waals surface area contributed by atoms with Gasteiger partial charge in [0.15, 0.2) is 0 Å². The van der Waals surface area contributed by atoms with Crippen molar-refractivity contribution in [1.82, 2.24) is 10.2 Å². The third-order valence-electron chi connectivity index (χ3n) is 3.54. The van der Waals surface area contributed by atoms with Crippen LogP contribution in [0.2, 0.25) is 0 Å². The van der Waals surface area contributed by atoms with E-state index in [1.807, 2.05) is 0 Å². The summed E-state index contributed by atoms with van der Waals surface area (Å²) in [5.74, 6) is -2.65. The highest BCUT2D eigenvalue weighted by Gasteiger charge is 2.53. The number of hydrogen-bond acceptors (Lipinski definition) is 3. The van der Waals surface area contributed by atoms with Crippen molar-refractivity contribution >= 4 is 23.8 Å². The first kappa shape index (κ1) is 19.9. The summed E-state index contributed by atoms with van der Waals surface area (Å²) >= 11 is 1.76. The minimum absolute atomic E-state index is 0.370. The van der Waals surface area contributed by atoms with Gasteiger partial charge in [-0.2, -0.15) is 24.9 Å². The predicted molar refractivity (Wildman–Crippen MR) is 82.4 cm³/mol. The van der Waals surface area contributed by atoms with Crippen LogP contribution < -0.4 is 5.32 Å². The van der Waals surface area contributed by atoms with Crippen LogP contribution >= 0.6 is 11.8 Å². The SMILES string of the molecule is CC(C)CSCCCNC(=O)N1C[C@@H](C(F)(F)F)[C@H](C(=O)O)C1. The number of carbonyl (C=O) groups excluding carboxylic acids is 1. The first-order chi connectivity index (χ1) is 10.6. The van der Waals surface area contributed by atoms with Gasteiger partial charge >= 0.3 is 18.2 Å². The first-order valence-electron chi connectivity index (χ1n) is 7.53. The van der Waals surface area contributed by atoms with E-state index in [-0.39, 0.29) is 0 Å². The number of hydrogen-bond donors (Lipinski definition) is 2. The van der Waals surface area contributed by atoms with E-state index in [0.717, 1.165) is 22.8 Å². The predicted octanol–water partition coefficient (Wildman–Crippen LogP) is 2.67. The Morgan fingerprint density at radius 2 is 2.00 bits per heavy atom. The largest absolute Gasteiger partial charge is 0.481 e. The van der Waals surface area contributed by atoms with Crippen molar-refractivity contribution in [1.29, 1.82) is 0 Å². The summed E-state index contributed by atoms with van der Waals surface area (Å²) in [6.45, 7) is 3.58. The van der Waals surface area contributed by atoms with Crippen molar-refractivity contribution in [2.75, 3.05) is 31.1 Å². The highest BCUT2D eigenvalue weighted by molar-refractivity contribution is 7.99. The van der Waals surface area contributed by atoms with Gasteiger partial charge in [-0.05, 0) is 23.8 Å². The number of likely N-dealkylation sites (tertiary alicyclic amines) is 1. The Balaban J connectivity index is 2.38. The summed E-state index contributed by atoms with van der Waals surface area (Å²) in [7, 11) is 0. The molecule has 134 valence electrons. The smallest absolute Gasteiger partial charge is 0.394 e.